The van der Waals surface area contributed by atoms with Gasteiger partial charge in [-0.3, -0.25) is 0 Å². The van der Waals surface area contributed by atoms with Gasteiger partial charge < -0.3 is 5.32 Å². The first kappa shape index (κ1) is 12.7. The fraction of sp³-hybridized carbons (Fsp3) is 0.167. The molecular weight excluding hydrogens is 244 g/mol. The first-order valence-corrected chi connectivity index (χ1v) is 6.88. The Hall–Kier alpha value is -2.35. The van der Waals surface area contributed by atoms with E-state index in [1.54, 1.807) is 0 Å². The molecule has 0 aliphatic rings. The zero-order chi connectivity index (χ0) is 13.9. The van der Waals surface area contributed by atoms with Crippen molar-refractivity contribution in [2.45, 2.75) is 20.4 Å². The highest BCUT2D eigenvalue weighted by Gasteiger charge is 2.02. The molecule has 1 heterocycles. The van der Waals surface area contributed by atoms with Crippen LogP contribution in [0.15, 0.2) is 54.6 Å². The van der Waals surface area contributed by atoms with Gasteiger partial charge in [0.25, 0.3) is 0 Å². The first-order chi connectivity index (χ1) is 9.72. The maximum atomic E-state index is 4.66. The van der Waals surface area contributed by atoms with Crippen LogP contribution in [-0.4, -0.2) is 4.98 Å². The third kappa shape index (κ3) is 2.64. The fourth-order valence-electron chi connectivity index (χ4n) is 2.34. The zero-order valence-electron chi connectivity index (χ0n) is 11.9. The maximum absolute atomic E-state index is 4.66. The highest BCUT2D eigenvalue weighted by Crippen LogP contribution is 2.20. The molecule has 0 fully saturated rings. The number of fused-ring (bicyclic) bond motifs is 1. The Labute approximate surface area is 119 Å². The van der Waals surface area contributed by atoms with E-state index in [1.807, 2.05) is 6.07 Å². The van der Waals surface area contributed by atoms with Gasteiger partial charge >= 0.3 is 0 Å². The monoisotopic (exact) mass is 262 g/mol. The second kappa shape index (κ2) is 5.33. The van der Waals surface area contributed by atoms with E-state index >= 15 is 0 Å². The summed E-state index contributed by atoms with van der Waals surface area (Å²) in [7, 11) is 0. The lowest BCUT2D eigenvalue weighted by Crippen LogP contribution is -2.02. The molecule has 100 valence electrons. The molecule has 20 heavy (non-hydrogen) atoms. The van der Waals surface area contributed by atoms with Crippen LogP contribution in [-0.2, 0) is 6.54 Å². The van der Waals surface area contributed by atoms with E-state index in [4.69, 9.17) is 0 Å². The molecule has 2 aromatic carbocycles. The Bertz CT molecular complexity index is 730. The summed E-state index contributed by atoms with van der Waals surface area (Å²) in [5.74, 6) is 0.932. The van der Waals surface area contributed by atoms with Gasteiger partial charge in [0, 0.05) is 11.9 Å². The van der Waals surface area contributed by atoms with E-state index < -0.39 is 0 Å². The van der Waals surface area contributed by atoms with Crippen LogP contribution in [0.25, 0.3) is 10.9 Å². The molecule has 0 unspecified atom stereocenters. The molecule has 0 spiro atoms. The molecule has 0 radical (unpaired) electrons. The van der Waals surface area contributed by atoms with Crippen molar-refractivity contribution in [2.75, 3.05) is 5.32 Å². The predicted octanol–water partition coefficient (Wildman–Crippen LogP) is 4.46. The van der Waals surface area contributed by atoms with Gasteiger partial charge in [-0.1, -0.05) is 48.0 Å². The van der Waals surface area contributed by atoms with Crippen molar-refractivity contribution >= 4 is 16.7 Å². The van der Waals surface area contributed by atoms with Crippen molar-refractivity contribution in [3.63, 3.8) is 0 Å². The number of pyridine rings is 1. The van der Waals surface area contributed by atoms with Gasteiger partial charge in [0.1, 0.15) is 5.82 Å². The molecule has 2 nitrogen and oxygen atoms in total. The van der Waals surface area contributed by atoms with E-state index in [2.05, 4.69) is 72.7 Å². The van der Waals surface area contributed by atoms with Crippen LogP contribution in [0.3, 0.4) is 0 Å². The van der Waals surface area contributed by atoms with Crippen LogP contribution >= 0.6 is 0 Å². The Morgan fingerprint density at radius 1 is 0.950 bits per heavy atom. The summed E-state index contributed by atoms with van der Waals surface area (Å²) in [5, 5.41) is 4.62. The second-order valence-electron chi connectivity index (χ2n) is 5.18. The Morgan fingerprint density at radius 3 is 2.50 bits per heavy atom. The highest BCUT2D eigenvalue weighted by atomic mass is 15.0. The van der Waals surface area contributed by atoms with Crippen LogP contribution in [0.4, 0.5) is 5.82 Å². The lowest BCUT2D eigenvalue weighted by molar-refractivity contribution is 1.12. The lowest BCUT2D eigenvalue weighted by Gasteiger charge is -2.09. The standard InChI is InChI=1S/C18H18N2/c1-13-7-9-15(10-8-13)12-19-18-11-14(2)16-5-3-4-6-17(16)20-18/h3-11H,12H2,1-2H3,(H,19,20). The third-order valence-electron chi connectivity index (χ3n) is 3.52. The van der Waals surface area contributed by atoms with Crippen LogP contribution in [0, 0.1) is 13.8 Å². The number of benzene rings is 2. The molecule has 0 amide bonds. The molecule has 2 heteroatoms. The minimum absolute atomic E-state index is 0.797. The van der Waals surface area contributed by atoms with E-state index in [0.717, 1.165) is 17.9 Å². The number of aromatic nitrogens is 1. The summed E-state index contributed by atoms with van der Waals surface area (Å²) in [6, 6.07) is 18.9. The minimum Gasteiger partial charge on any atom is -0.366 e. The average molecular weight is 262 g/mol. The van der Waals surface area contributed by atoms with E-state index in [-0.39, 0.29) is 0 Å². The van der Waals surface area contributed by atoms with E-state index in [1.165, 1.54) is 22.1 Å². The molecule has 0 aliphatic heterocycles. The van der Waals surface area contributed by atoms with Gasteiger partial charge in [0.05, 0.1) is 5.52 Å². The van der Waals surface area contributed by atoms with Crippen molar-refractivity contribution < 1.29 is 0 Å². The van der Waals surface area contributed by atoms with Crippen molar-refractivity contribution in [1.82, 2.24) is 4.98 Å². The van der Waals surface area contributed by atoms with Gasteiger partial charge in [-0.05, 0) is 37.1 Å². The number of hydrogen-bond acceptors (Lipinski definition) is 2. The molecule has 0 saturated carbocycles. The largest absolute Gasteiger partial charge is 0.366 e. The fourth-order valence-corrected chi connectivity index (χ4v) is 2.34. The van der Waals surface area contributed by atoms with Gasteiger partial charge in [-0.15, -0.1) is 0 Å². The zero-order valence-corrected chi connectivity index (χ0v) is 11.9. The van der Waals surface area contributed by atoms with Crippen molar-refractivity contribution in [1.29, 1.82) is 0 Å². The SMILES string of the molecule is Cc1ccc(CNc2cc(C)c3ccccc3n2)cc1. The van der Waals surface area contributed by atoms with Gasteiger partial charge in [0.15, 0.2) is 0 Å². The molecule has 0 atom stereocenters. The summed E-state index contributed by atoms with van der Waals surface area (Å²) in [6.07, 6.45) is 0. The number of rotatable bonds is 3. The number of aryl methyl sites for hydroxylation is 2. The third-order valence-corrected chi connectivity index (χ3v) is 3.52. The highest BCUT2D eigenvalue weighted by molar-refractivity contribution is 5.83. The molecule has 0 saturated heterocycles. The topological polar surface area (TPSA) is 24.9 Å². The number of nitrogens with one attached hydrogen (secondary N) is 1. The maximum Gasteiger partial charge on any atom is 0.127 e. The number of para-hydroxylation sites is 1. The van der Waals surface area contributed by atoms with Crippen molar-refractivity contribution in [3.05, 3.63) is 71.3 Å². The summed E-state index contributed by atoms with van der Waals surface area (Å²) >= 11 is 0. The molecule has 3 aromatic rings. The lowest BCUT2D eigenvalue weighted by atomic mass is 10.1. The smallest absolute Gasteiger partial charge is 0.127 e. The molecule has 1 aromatic heterocycles. The van der Waals surface area contributed by atoms with Gasteiger partial charge in [0.2, 0.25) is 0 Å². The predicted molar refractivity (Wildman–Crippen MR) is 85.0 cm³/mol. The number of anilines is 1. The van der Waals surface area contributed by atoms with Crippen LogP contribution in [0.2, 0.25) is 0 Å². The van der Waals surface area contributed by atoms with Crippen molar-refractivity contribution in [2.24, 2.45) is 0 Å². The molecule has 0 bridgehead atoms. The van der Waals surface area contributed by atoms with Crippen molar-refractivity contribution in [3.8, 4) is 0 Å². The minimum atomic E-state index is 0.797. The van der Waals surface area contributed by atoms with E-state index in [9.17, 15) is 0 Å². The molecule has 3 rings (SSSR count). The summed E-state index contributed by atoms with van der Waals surface area (Å²) in [4.78, 5) is 4.66. The normalized spacial score (nSPS) is 10.7. The summed E-state index contributed by atoms with van der Waals surface area (Å²) in [6.45, 7) is 5.03. The Morgan fingerprint density at radius 2 is 1.70 bits per heavy atom. The Balaban J connectivity index is 1.82. The number of nitrogens with zero attached hydrogens (tertiary/aromatic N) is 1. The summed E-state index contributed by atoms with van der Waals surface area (Å²) in [5.41, 5.74) is 4.84. The average Bonchev–Trinajstić information content (AvgIpc) is 2.47. The molecule has 1 N–H and O–H groups in total. The second-order valence-corrected chi connectivity index (χ2v) is 5.18. The quantitative estimate of drug-likeness (QED) is 0.753. The molecular formula is C18H18N2. The first-order valence-electron chi connectivity index (χ1n) is 6.88. The number of hydrogen-bond donors (Lipinski definition) is 1. The Kier molecular flexibility index (Phi) is 3.38. The van der Waals surface area contributed by atoms with E-state index in [0.29, 0.717) is 0 Å². The van der Waals surface area contributed by atoms with Gasteiger partial charge in [-0.25, -0.2) is 4.98 Å². The van der Waals surface area contributed by atoms with Crippen LogP contribution in [0.1, 0.15) is 16.7 Å². The van der Waals surface area contributed by atoms with Crippen LogP contribution in [0.5, 0.6) is 0 Å². The van der Waals surface area contributed by atoms with Crippen LogP contribution < -0.4 is 5.32 Å². The molecule has 0 aliphatic carbocycles. The van der Waals surface area contributed by atoms with Gasteiger partial charge in [-0.2, -0.15) is 0 Å². The summed E-state index contributed by atoms with van der Waals surface area (Å²) < 4.78 is 0.